The molecule has 0 bridgehead atoms. The molecule has 1 heterocycles. The van der Waals surface area contributed by atoms with Crippen LogP contribution in [-0.4, -0.2) is 86.0 Å². The van der Waals surface area contributed by atoms with Crippen LogP contribution >= 0.6 is 0 Å². The monoisotopic (exact) mass is 477 g/mol. The summed E-state index contributed by atoms with van der Waals surface area (Å²) >= 11 is 0. The van der Waals surface area contributed by atoms with E-state index in [4.69, 9.17) is 10.5 Å². The van der Waals surface area contributed by atoms with Gasteiger partial charge in [0.25, 0.3) is 0 Å². The summed E-state index contributed by atoms with van der Waals surface area (Å²) in [7, 11) is 0. The molecular formula is C25H51NO7. The minimum atomic E-state index is -1.42. The van der Waals surface area contributed by atoms with Crippen molar-refractivity contribution in [3.05, 3.63) is 0 Å². The topological polar surface area (TPSA) is 157 Å². The molecule has 0 radical (unpaired) electrons. The SMILES string of the molecule is CCCCCCCCCCCCCC[C@@H](O)[C@@H](O)[C@@H](N)CC[C@H]1O[C@H](CO)[C@H](O)[C@H](O)[C@H]1O. The van der Waals surface area contributed by atoms with Crippen LogP contribution in [0.25, 0.3) is 0 Å². The zero-order valence-electron chi connectivity index (χ0n) is 20.6. The minimum absolute atomic E-state index is 0.227. The van der Waals surface area contributed by atoms with Gasteiger partial charge in [0.2, 0.25) is 0 Å². The van der Waals surface area contributed by atoms with Gasteiger partial charge in [0, 0.05) is 6.04 Å². The van der Waals surface area contributed by atoms with Crippen LogP contribution in [0, 0.1) is 0 Å². The smallest absolute Gasteiger partial charge is 0.111 e. The highest BCUT2D eigenvalue weighted by Crippen LogP contribution is 2.25. The zero-order valence-corrected chi connectivity index (χ0v) is 20.6. The fourth-order valence-corrected chi connectivity index (χ4v) is 4.60. The van der Waals surface area contributed by atoms with Crippen molar-refractivity contribution < 1.29 is 35.4 Å². The van der Waals surface area contributed by atoms with Gasteiger partial charge in [-0.25, -0.2) is 0 Å². The molecule has 8 heteroatoms. The van der Waals surface area contributed by atoms with E-state index in [1.165, 1.54) is 57.8 Å². The molecule has 8 N–H and O–H groups in total. The van der Waals surface area contributed by atoms with Gasteiger partial charge >= 0.3 is 0 Å². The predicted octanol–water partition coefficient (Wildman–Crippen LogP) is 1.75. The van der Waals surface area contributed by atoms with Crippen LogP contribution in [0.15, 0.2) is 0 Å². The molecule has 0 unspecified atom stereocenters. The first-order valence-corrected chi connectivity index (χ1v) is 13.3. The molecule has 1 saturated heterocycles. The molecule has 0 aliphatic carbocycles. The minimum Gasteiger partial charge on any atom is -0.394 e. The van der Waals surface area contributed by atoms with Crippen LogP contribution in [0.2, 0.25) is 0 Å². The van der Waals surface area contributed by atoms with E-state index in [2.05, 4.69) is 6.92 Å². The number of hydrogen-bond donors (Lipinski definition) is 7. The number of unbranched alkanes of at least 4 members (excludes halogenated alkanes) is 11. The molecule has 1 aliphatic rings. The van der Waals surface area contributed by atoms with Crippen LogP contribution in [0.4, 0.5) is 0 Å². The summed E-state index contributed by atoms with van der Waals surface area (Å²) in [6.45, 7) is 1.76. The highest BCUT2D eigenvalue weighted by atomic mass is 16.5. The van der Waals surface area contributed by atoms with Gasteiger partial charge in [0.1, 0.15) is 24.4 Å². The van der Waals surface area contributed by atoms with E-state index in [0.29, 0.717) is 6.42 Å². The van der Waals surface area contributed by atoms with Gasteiger partial charge < -0.3 is 41.1 Å². The maximum absolute atomic E-state index is 10.3. The van der Waals surface area contributed by atoms with Crippen molar-refractivity contribution >= 4 is 0 Å². The van der Waals surface area contributed by atoms with Gasteiger partial charge in [-0.15, -0.1) is 0 Å². The Hall–Kier alpha value is -0.320. The Morgan fingerprint density at radius 1 is 0.697 bits per heavy atom. The molecule has 0 aromatic rings. The van der Waals surface area contributed by atoms with E-state index in [1.807, 2.05) is 0 Å². The molecule has 8 nitrogen and oxygen atoms in total. The van der Waals surface area contributed by atoms with Gasteiger partial charge in [-0.3, -0.25) is 0 Å². The molecular weight excluding hydrogens is 426 g/mol. The fourth-order valence-electron chi connectivity index (χ4n) is 4.60. The number of ether oxygens (including phenoxy) is 1. The lowest BCUT2D eigenvalue weighted by molar-refractivity contribution is -0.230. The molecule has 1 fully saturated rings. The molecule has 1 aliphatic heterocycles. The fraction of sp³-hybridized carbons (Fsp3) is 1.00. The summed E-state index contributed by atoms with van der Waals surface area (Å²) in [4.78, 5) is 0. The first kappa shape index (κ1) is 30.7. The molecule has 33 heavy (non-hydrogen) atoms. The average molecular weight is 478 g/mol. The van der Waals surface area contributed by atoms with Gasteiger partial charge in [-0.1, -0.05) is 84.0 Å². The number of nitrogens with two attached hydrogens (primary N) is 1. The average Bonchev–Trinajstić information content (AvgIpc) is 2.82. The predicted molar refractivity (Wildman–Crippen MR) is 129 cm³/mol. The first-order chi connectivity index (χ1) is 15.8. The zero-order chi connectivity index (χ0) is 24.6. The molecule has 198 valence electrons. The van der Waals surface area contributed by atoms with E-state index in [9.17, 15) is 30.6 Å². The normalized spacial score (nSPS) is 28.5. The quantitative estimate of drug-likeness (QED) is 0.139. The van der Waals surface area contributed by atoms with Crippen molar-refractivity contribution in [3.8, 4) is 0 Å². The van der Waals surface area contributed by atoms with Crippen molar-refractivity contribution in [3.63, 3.8) is 0 Å². The highest BCUT2D eigenvalue weighted by molar-refractivity contribution is 4.92. The summed E-state index contributed by atoms with van der Waals surface area (Å²) in [6, 6.07) is -0.704. The lowest BCUT2D eigenvalue weighted by Crippen LogP contribution is -2.58. The summed E-state index contributed by atoms with van der Waals surface area (Å²) in [5.74, 6) is 0. The second-order valence-corrected chi connectivity index (χ2v) is 9.84. The largest absolute Gasteiger partial charge is 0.394 e. The van der Waals surface area contributed by atoms with Crippen molar-refractivity contribution in [2.24, 2.45) is 5.73 Å². The Kier molecular flexibility index (Phi) is 16.8. The third-order valence-corrected chi connectivity index (χ3v) is 6.96. The Morgan fingerprint density at radius 3 is 1.70 bits per heavy atom. The van der Waals surface area contributed by atoms with Gasteiger partial charge in [0.05, 0.1) is 24.9 Å². The van der Waals surface area contributed by atoms with E-state index >= 15 is 0 Å². The summed E-state index contributed by atoms with van der Waals surface area (Å²) < 4.78 is 5.46. The third kappa shape index (κ3) is 11.8. The molecule has 0 aromatic carbocycles. The maximum atomic E-state index is 10.3. The molecule has 0 saturated carbocycles. The van der Waals surface area contributed by atoms with Gasteiger partial charge in [-0.2, -0.15) is 0 Å². The van der Waals surface area contributed by atoms with Crippen LogP contribution in [0.1, 0.15) is 103 Å². The number of hydrogen-bond acceptors (Lipinski definition) is 8. The third-order valence-electron chi connectivity index (χ3n) is 6.96. The molecule has 1 rings (SSSR count). The lowest BCUT2D eigenvalue weighted by atomic mass is 9.90. The van der Waals surface area contributed by atoms with Crippen molar-refractivity contribution in [1.29, 1.82) is 0 Å². The lowest BCUT2D eigenvalue weighted by Gasteiger charge is -2.40. The number of aliphatic hydroxyl groups is 6. The summed E-state index contributed by atoms with van der Waals surface area (Å²) in [6.07, 6.45) is 7.95. The van der Waals surface area contributed by atoms with Crippen LogP contribution < -0.4 is 5.73 Å². The van der Waals surface area contributed by atoms with Gasteiger partial charge in [-0.05, 0) is 19.3 Å². The molecule has 0 spiro atoms. The highest BCUT2D eigenvalue weighted by Gasteiger charge is 2.43. The summed E-state index contributed by atoms with van der Waals surface area (Å²) in [5, 5.41) is 59.7. The first-order valence-electron chi connectivity index (χ1n) is 13.3. The van der Waals surface area contributed by atoms with Crippen molar-refractivity contribution in [2.75, 3.05) is 6.61 Å². The standard InChI is InChI=1S/C25H51NO7/c1-2-3-4-5-6-7-8-9-10-11-12-13-14-19(28)22(29)18(26)15-16-20-23(30)25(32)24(31)21(17-27)33-20/h18-25,27-32H,2-17,26H2,1H3/t18-,19+,20+,21+,22-,23-,24-,25+/m0/s1. The van der Waals surface area contributed by atoms with Crippen LogP contribution in [-0.2, 0) is 4.74 Å². The number of aliphatic hydroxyl groups excluding tert-OH is 6. The second-order valence-electron chi connectivity index (χ2n) is 9.84. The van der Waals surface area contributed by atoms with Crippen LogP contribution in [0.5, 0.6) is 0 Å². The Morgan fingerprint density at radius 2 is 1.18 bits per heavy atom. The summed E-state index contributed by atoms with van der Waals surface area (Å²) in [5.41, 5.74) is 6.04. The van der Waals surface area contributed by atoms with E-state index in [0.717, 1.165) is 19.3 Å². The molecule has 0 aromatic heterocycles. The van der Waals surface area contributed by atoms with E-state index in [-0.39, 0.29) is 12.8 Å². The Bertz CT molecular complexity index is 468. The van der Waals surface area contributed by atoms with Crippen LogP contribution in [0.3, 0.4) is 0 Å². The van der Waals surface area contributed by atoms with E-state index < -0.39 is 55.4 Å². The van der Waals surface area contributed by atoms with Crippen molar-refractivity contribution in [2.45, 2.75) is 152 Å². The Labute approximate surface area is 200 Å². The maximum Gasteiger partial charge on any atom is 0.111 e. The number of rotatable bonds is 19. The van der Waals surface area contributed by atoms with Crippen molar-refractivity contribution in [1.82, 2.24) is 0 Å². The van der Waals surface area contributed by atoms with Gasteiger partial charge in [0.15, 0.2) is 0 Å². The Balaban J connectivity index is 2.12. The second kappa shape index (κ2) is 18.0. The molecule has 0 amide bonds. The molecule has 8 atom stereocenters. The van der Waals surface area contributed by atoms with E-state index in [1.54, 1.807) is 0 Å².